The lowest BCUT2D eigenvalue weighted by Crippen LogP contribution is -2.36. The number of esters is 2. The normalized spacial score (nSPS) is 20.1. The molecule has 0 aromatic heterocycles. The maximum Gasteiger partial charge on any atom is 0.336 e. The van der Waals surface area contributed by atoms with Crippen molar-refractivity contribution in [1.29, 1.82) is 0 Å². The van der Waals surface area contributed by atoms with Gasteiger partial charge in [0.05, 0.1) is 12.7 Å². The second-order valence-corrected chi connectivity index (χ2v) is 7.01. The van der Waals surface area contributed by atoms with Crippen LogP contribution in [0, 0.1) is 11.8 Å². The lowest BCUT2D eigenvalue weighted by Gasteiger charge is -2.28. The Morgan fingerprint density at radius 3 is 2.52 bits per heavy atom. The Labute approximate surface area is 152 Å². The average Bonchev–Trinajstić information content (AvgIpc) is 2.59. The van der Waals surface area contributed by atoms with E-state index < -0.39 is 11.9 Å². The van der Waals surface area contributed by atoms with E-state index in [1.165, 1.54) is 7.11 Å². The number of nitrogens with zero attached hydrogens (tertiary/aromatic N) is 1. The highest BCUT2D eigenvalue weighted by molar-refractivity contribution is 7.99. The monoisotopic (exact) mass is 361 g/mol. The van der Waals surface area contributed by atoms with Crippen molar-refractivity contribution in [3.8, 4) is 0 Å². The number of benzene rings is 1. The quantitative estimate of drug-likeness (QED) is 0.441. The molecule has 6 heteroatoms. The van der Waals surface area contributed by atoms with Gasteiger partial charge < -0.3 is 9.47 Å². The van der Waals surface area contributed by atoms with Gasteiger partial charge in [0.25, 0.3) is 0 Å². The first-order valence-electron chi connectivity index (χ1n) is 8.14. The third-order valence-electron chi connectivity index (χ3n) is 4.14. The molecule has 0 radical (unpaired) electrons. The number of carbonyl (C=O) groups is 2. The molecule has 0 saturated carbocycles. The summed E-state index contributed by atoms with van der Waals surface area (Å²) in [6.07, 6.45) is 0. The lowest BCUT2D eigenvalue weighted by atomic mass is 9.81. The summed E-state index contributed by atoms with van der Waals surface area (Å²) in [5.74, 6) is -0.997. The van der Waals surface area contributed by atoms with Crippen molar-refractivity contribution in [2.45, 2.75) is 25.7 Å². The number of rotatable bonds is 6. The summed E-state index contributed by atoms with van der Waals surface area (Å²) in [6, 6.07) is 9.94. The SMILES string of the molecule is COC(=O)C1C(C)=NC(C)=C(C(=O)OCCSc2ccccc2)[C@@H]1C. The Balaban J connectivity index is 1.97. The number of hydrogen-bond donors (Lipinski definition) is 0. The van der Waals surface area contributed by atoms with Crippen molar-refractivity contribution in [2.75, 3.05) is 19.5 Å². The minimum Gasteiger partial charge on any atom is -0.468 e. The summed E-state index contributed by atoms with van der Waals surface area (Å²) in [5, 5.41) is 0. The zero-order chi connectivity index (χ0) is 18.4. The minimum absolute atomic E-state index is 0.299. The Bertz CT molecular complexity index is 697. The zero-order valence-electron chi connectivity index (χ0n) is 14.9. The molecule has 1 aliphatic rings. The van der Waals surface area contributed by atoms with Crippen LogP contribution in [0.4, 0.5) is 0 Å². The number of carbonyl (C=O) groups excluding carboxylic acids is 2. The van der Waals surface area contributed by atoms with E-state index in [4.69, 9.17) is 9.47 Å². The molecule has 1 aromatic rings. The van der Waals surface area contributed by atoms with Crippen LogP contribution in [0.3, 0.4) is 0 Å². The summed E-state index contributed by atoms with van der Waals surface area (Å²) >= 11 is 1.63. The summed E-state index contributed by atoms with van der Waals surface area (Å²) in [6.45, 7) is 5.68. The summed E-state index contributed by atoms with van der Waals surface area (Å²) in [5.41, 5.74) is 1.71. The van der Waals surface area contributed by atoms with Crippen molar-refractivity contribution >= 4 is 29.4 Å². The van der Waals surface area contributed by atoms with Gasteiger partial charge in [-0.25, -0.2) is 4.79 Å². The number of methoxy groups -OCH3 is 1. The highest BCUT2D eigenvalue weighted by Gasteiger charge is 2.38. The zero-order valence-corrected chi connectivity index (χ0v) is 15.8. The van der Waals surface area contributed by atoms with Crippen LogP contribution < -0.4 is 0 Å². The van der Waals surface area contributed by atoms with E-state index in [0.29, 0.717) is 29.3 Å². The van der Waals surface area contributed by atoms with E-state index in [9.17, 15) is 9.59 Å². The van der Waals surface area contributed by atoms with Crippen molar-refractivity contribution in [1.82, 2.24) is 0 Å². The highest BCUT2D eigenvalue weighted by Crippen LogP contribution is 2.32. The van der Waals surface area contributed by atoms with Crippen LogP contribution >= 0.6 is 11.8 Å². The summed E-state index contributed by atoms with van der Waals surface area (Å²) in [4.78, 5) is 30.0. The van der Waals surface area contributed by atoms with Gasteiger partial charge in [-0.2, -0.15) is 0 Å². The average molecular weight is 361 g/mol. The van der Waals surface area contributed by atoms with E-state index >= 15 is 0 Å². The van der Waals surface area contributed by atoms with E-state index in [1.807, 2.05) is 37.3 Å². The van der Waals surface area contributed by atoms with Gasteiger partial charge in [-0.15, -0.1) is 11.8 Å². The maximum absolute atomic E-state index is 12.5. The fourth-order valence-electron chi connectivity index (χ4n) is 2.98. The number of thioether (sulfide) groups is 1. The molecule has 2 atom stereocenters. The van der Waals surface area contributed by atoms with Crippen molar-refractivity contribution in [2.24, 2.45) is 16.8 Å². The number of hydrogen-bond acceptors (Lipinski definition) is 6. The second kappa shape index (κ2) is 8.85. The fraction of sp³-hybridized carbons (Fsp3) is 0.421. The molecule has 0 fully saturated rings. The standard InChI is InChI=1S/C19H23NO4S/c1-12-16(18(21)23-4)13(2)20-14(3)17(12)19(22)24-10-11-25-15-8-6-5-7-9-15/h5-9,12,16H,10-11H2,1-4H3/t12-,16?/m1/s1. The number of aliphatic imine (C=N–C) groups is 1. The maximum atomic E-state index is 12.5. The summed E-state index contributed by atoms with van der Waals surface area (Å²) in [7, 11) is 1.34. The molecule has 0 amide bonds. The van der Waals surface area contributed by atoms with Gasteiger partial charge in [0.15, 0.2) is 0 Å². The molecule has 25 heavy (non-hydrogen) atoms. The van der Waals surface area contributed by atoms with Crippen molar-refractivity contribution in [3.63, 3.8) is 0 Å². The van der Waals surface area contributed by atoms with Crippen LogP contribution in [0.15, 0.2) is 51.5 Å². The molecule has 0 saturated heterocycles. The molecule has 0 aliphatic carbocycles. The third kappa shape index (κ3) is 4.72. The lowest BCUT2D eigenvalue weighted by molar-refractivity contribution is -0.144. The fourth-order valence-corrected chi connectivity index (χ4v) is 3.73. The summed E-state index contributed by atoms with van der Waals surface area (Å²) < 4.78 is 10.2. The van der Waals surface area contributed by atoms with Crippen LogP contribution in [0.1, 0.15) is 20.8 Å². The smallest absolute Gasteiger partial charge is 0.336 e. The van der Waals surface area contributed by atoms with E-state index in [0.717, 1.165) is 4.90 Å². The van der Waals surface area contributed by atoms with Crippen molar-refractivity contribution in [3.05, 3.63) is 41.6 Å². The van der Waals surface area contributed by atoms with E-state index in [-0.39, 0.29) is 11.9 Å². The Kier molecular flexibility index (Phi) is 6.82. The molecule has 1 heterocycles. The molecule has 1 aliphatic heterocycles. The Hall–Kier alpha value is -2.08. The first-order valence-corrected chi connectivity index (χ1v) is 9.13. The minimum atomic E-state index is -0.546. The Morgan fingerprint density at radius 1 is 1.20 bits per heavy atom. The van der Waals surface area contributed by atoms with Gasteiger partial charge in [-0.3, -0.25) is 9.79 Å². The van der Waals surface area contributed by atoms with Gasteiger partial charge in [0, 0.05) is 28.0 Å². The Morgan fingerprint density at radius 2 is 1.88 bits per heavy atom. The molecular weight excluding hydrogens is 338 g/mol. The van der Waals surface area contributed by atoms with Crippen LogP contribution in [-0.4, -0.2) is 37.1 Å². The van der Waals surface area contributed by atoms with Gasteiger partial charge in [-0.1, -0.05) is 25.1 Å². The largest absolute Gasteiger partial charge is 0.468 e. The third-order valence-corrected chi connectivity index (χ3v) is 5.12. The first kappa shape index (κ1) is 19.2. The van der Waals surface area contributed by atoms with Crippen LogP contribution in [-0.2, 0) is 19.1 Å². The van der Waals surface area contributed by atoms with E-state index in [2.05, 4.69) is 4.99 Å². The molecule has 0 bridgehead atoms. The predicted octanol–water partition coefficient (Wildman–Crippen LogP) is 3.50. The van der Waals surface area contributed by atoms with Crippen LogP contribution in [0.25, 0.3) is 0 Å². The van der Waals surface area contributed by atoms with E-state index in [1.54, 1.807) is 25.6 Å². The van der Waals surface area contributed by atoms with Gasteiger partial charge >= 0.3 is 11.9 Å². The van der Waals surface area contributed by atoms with Crippen molar-refractivity contribution < 1.29 is 19.1 Å². The second-order valence-electron chi connectivity index (χ2n) is 5.84. The number of allylic oxidation sites excluding steroid dienone is 1. The topological polar surface area (TPSA) is 65.0 Å². The molecule has 1 unspecified atom stereocenters. The van der Waals surface area contributed by atoms with Crippen LogP contribution in [0.5, 0.6) is 0 Å². The van der Waals surface area contributed by atoms with Gasteiger partial charge in [-0.05, 0) is 26.0 Å². The molecule has 134 valence electrons. The predicted molar refractivity (Wildman–Crippen MR) is 98.6 cm³/mol. The first-order chi connectivity index (χ1) is 12.0. The van der Waals surface area contributed by atoms with Crippen LogP contribution in [0.2, 0.25) is 0 Å². The molecule has 5 nitrogen and oxygen atoms in total. The molecule has 0 spiro atoms. The molecule has 1 aromatic carbocycles. The molecular formula is C19H23NO4S. The molecule has 2 rings (SSSR count). The molecule has 0 N–H and O–H groups in total. The van der Waals surface area contributed by atoms with Gasteiger partial charge in [0.1, 0.15) is 12.5 Å². The highest BCUT2D eigenvalue weighted by atomic mass is 32.2. The number of ether oxygens (including phenoxy) is 2. The van der Waals surface area contributed by atoms with Gasteiger partial charge in [0.2, 0.25) is 0 Å².